The number of fused-ring (bicyclic) bond motifs is 2. The van der Waals surface area contributed by atoms with Crippen molar-refractivity contribution < 1.29 is 0 Å². The number of amidine groups is 1. The quantitative estimate of drug-likeness (QED) is 0.204. The van der Waals surface area contributed by atoms with E-state index in [9.17, 15) is 0 Å². The molecule has 146 valence electrons. The Bertz CT molecular complexity index is 1500. The molecule has 0 bridgehead atoms. The molecule has 0 spiro atoms. The van der Waals surface area contributed by atoms with Crippen LogP contribution in [0.5, 0.6) is 0 Å². The van der Waals surface area contributed by atoms with Gasteiger partial charge in [-0.25, -0.2) is 0 Å². The van der Waals surface area contributed by atoms with Gasteiger partial charge < -0.3 is 5.73 Å². The van der Waals surface area contributed by atoms with Crippen LogP contribution in [0.2, 0.25) is 0 Å². The van der Waals surface area contributed by atoms with Crippen molar-refractivity contribution in [2.45, 2.75) is 0 Å². The molecule has 0 aliphatic heterocycles. The third kappa shape index (κ3) is 3.90. The smallest absolute Gasteiger partial charge is 0.122 e. The van der Waals surface area contributed by atoms with Crippen molar-refractivity contribution in [2.75, 3.05) is 0 Å². The highest BCUT2D eigenvalue weighted by molar-refractivity contribution is 5.99. The first kappa shape index (κ1) is 18.7. The second-order valence-electron chi connectivity index (χ2n) is 7.58. The summed E-state index contributed by atoms with van der Waals surface area (Å²) in [5, 5.41) is 12.1. The Hall–Kier alpha value is -4.35. The van der Waals surface area contributed by atoms with Gasteiger partial charge in [0.2, 0.25) is 0 Å². The van der Waals surface area contributed by atoms with Crippen LogP contribution >= 0.6 is 0 Å². The molecule has 0 atom stereocenters. The number of nitrogens with two attached hydrogens (primary N) is 1. The van der Waals surface area contributed by atoms with Gasteiger partial charge in [0, 0.05) is 16.7 Å². The Balaban J connectivity index is 1.48. The molecule has 0 amide bonds. The van der Waals surface area contributed by atoms with Gasteiger partial charge in [-0.2, -0.15) is 0 Å². The van der Waals surface area contributed by atoms with Gasteiger partial charge in [0.15, 0.2) is 0 Å². The van der Waals surface area contributed by atoms with E-state index >= 15 is 0 Å². The third-order valence-electron chi connectivity index (χ3n) is 5.45. The van der Waals surface area contributed by atoms with Crippen molar-refractivity contribution in [3.05, 3.63) is 120 Å². The Labute approximate surface area is 181 Å². The predicted octanol–water partition coefficient (Wildman–Crippen LogP) is 6.34. The van der Waals surface area contributed by atoms with Gasteiger partial charge >= 0.3 is 0 Å². The summed E-state index contributed by atoms with van der Waals surface area (Å²) < 4.78 is 0. The van der Waals surface area contributed by atoms with Crippen LogP contribution in [0.1, 0.15) is 16.7 Å². The maximum Gasteiger partial charge on any atom is 0.122 e. The van der Waals surface area contributed by atoms with Crippen molar-refractivity contribution in [1.82, 2.24) is 0 Å². The van der Waals surface area contributed by atoms with Gasteiger partial charge in [0.05, 0.1) is 0 Å². The highest BCUT2D eigenvalue weighted by atomic mass is 14.7. The summed E-state index contributed by atoms with van der Waals surface area (Å²) >= 11 is 0. The zero-order chi connectivity index (χ0) is 21.2. The maximum atomic E-state index is 7.59. The zero-order valence-electron chi connectivity index (χ0n) is 16.9. The number of rotatable bonds is 2. The van der Waals surface area contributed by atoms with Gasteiger partial charge in [-0.1, -0.05) is 78.6 Å². The maximum absolute atomic E-state index is 7.59. The molecular formula is C29H20N2. The fraction of sp³-hybridized carbons (Fsp3) is 0. The van der Waals surface area contributed by atoms with E-state index in [0.29, 0.717) is 0 Å². The summed E-state index contributed by atoms with van der Waals surface area (Å²) in [5.74, 6) is 6.67. The van der Waals surface area contributed by atoms with Crippen LogP contribution in [0, 0.1) is 17.3 Å². The summed E-state index contributed by atoms with van der Waals surface area (Å²) in [7, 11) is 0. The molecule has 0 unspecified atom stereocenters. The lowest BCUT2D eigenvalue weighted by molar-refractivity contribution is 1.43. The summed E-state index contributed by atoms with van der Waals surface area (Å²) in [6, 6.07) is 35.2. The number of nitrogens with one attached hydrogen (secondary N) is 1. The van der Waals surface area contributed by atoms with Gasteiger partial charge in [-0.15, -0.1) is 0 Å². The molecule has 2 nitrogen and oxygen atoms in total. The zero-order valence-corrected chi connectivity index (χ0v) is 16.9. The molecule has 0 saturated heterocycles. The van der Waals surface area contributed by atoms with E-state index in [2.05, 4.69) is 78.6 Å². The minimum absolute atomic E-state index is 0.0810. The fourth-order valence-electron chi connectivity index (χ4n) is 3.77. The molecule has 0 aliphatic rings. The van der Waals surface area contributed by atoms with Crippen molar-refractivity contribution >= 4 is 27.4 Å². The molecule has 31 heavy (non-hydrogen) atoms. The Kier molecular flexibility index (Phi) is 4.71. The summed E-state index contributed by atoms with van der Waals surface area (Å²) in [6.07, 6.45) is 0. The first-order chi connectivity index (χ1) is 15.2. The van der Waals surface area contributed by atoms with Crippen LogP contribution in [0.15, 0.2) is 103 Å². The number of hydrogen-bond donors (Lipinski definition) is 2. The second-order valence-corrected chi connectivity index (χ2v) is 7.58. The number of benzene rings is 5. The normalized spacial score (nSPS) is 10.6. The van der Waals surface area contributed by atoms with Crippen LogP contribution in [-0.2, 0) is 0 Å². The molecule has 5 rings (SSSR count). The number of nitrogen functional groups attached to an aromatic ring is 1. The lowest BCUT2D eigenvalue weighted by Gasteiger charge is -2.05. The lowest BCUT2D eigenvalue weighted by atomic mass is 10.00. The van der Waals surface area contributed by atoms with Crippen molar-refractivity contribution in [2.24, 2.45) is 5.73 Å². The molecule has 3 N–H and O–H groups in total. The molecule has 0 aromatic heterocycles. The second kappa shape index (κ2) is 7.82. The SMILES string of the molecule is N=C(N)c1ccc2cc(C#Cc3ccc4ccc(-c5ccccc5)cc4c3)ccc2c1. The molecule has 5 aromatic rings. The van der Waals surface area contributed by atoms with Crippen molar-refractivity contribution in [3.8, 4) is 23.0 Å². The van der Waals surface area contributed by atoms with E-state index in [1.165, 1.54) is 21.9 Å². The minimum Gasteiger partial charge on any atom is -0.384 e. The van der Waals surface area contributed by atoms with Crippen LogP contribution in [0.4, 0.5) is 0 Å². The van der Waals surface area contributed by atoms with E-state index in [1.54, 1.807) is 0 Å². The van der Waals surface area contributed by atoms with E-state index < -0.39 is 0 Å². The topological polar surface area (TPSA) is 49.9 Å². The Morgan fingerprint density at radius 3 is 1.90 bits per heavy atom. The molecule has 2 heteroatoms. The van der Waals surface area contributed by atoms with Crippen LogP contribution in [0.25, 0.3) is 32.7 Å². The average molecular weight is 396 g/mol. The molecule has 0 heterocycles. The highest BCUT2D eigenvalue weighted by Crippen LogP contribution is 2.25. The third-order valence-corrected chi connectivity index (χ3v) is 5.45. The first-order valence-electron chi connectivity index (χ1n) is 10.2. The van der Waals surface area contributed by atoms with Gasteiger partial charge in [-0.3, -0.25) is 5.41 Å². The molecule has 0 aliphatic carbocycles. The predicted molar refractivity (Wildman–Crippen MR) is 130 cm³/mol. The molecular weight excluding hydrogens is 376 g/mol. The van der Waals surface area contributed by atoms with Crippen LogP contribution < -0.4 is 5.73 Å². The summed E-state index contributed by atoms with van der Waals surface area (Å²) in [5.41, 5.74) is 10.7. The summed E-state index contributed by atoms with van der Waals surface area (Å²) in [6.45, 7) is 0. The van der Waals surface area contributed by atoms with E-state index in [1.807, 2.05) is 36.4 Å². The largest absolute Gasteiger partial charge is 0.384 e. The Morgan fingerprint density at radius 1 is 0.548 bits per heavy atom. The van der Waals surface area contributed by atoms with E-state index in [-0.39, 0.29) is 5.84 Å². The highest BCUT2D eigenvalue weighted by Gasteiger charge is 2.02. The van der Waals surface area contributed by atoms with Gasteiger partial charge in [0.1, 0.15) is 5.84 Å². The number of hydrogen-bond acceptors (Lipinski definition) is 1. The summed E-state index contributed by atoms with van der Waals surface area (Å²) in [4.78, 5) is 0. The average Bonchev–Trinajstić information content (AvgIpc) is 2.82. The first-order valence-corrected chi connectivity index (χ1v) is 10.2. The molecule has 0 radical (unpaired) electrons. The standard InChI is InChI=1S/C29H20N2/c30-29(31)27-15-14-24-16-20(9-11-26(24)18-27)6-7-21-8-10-23-12-13-25(19-28(23)17-21)22-4-2-1-3-5-22/h1-5,8-19H,(H3,30,31). The molecule has 0 saturated carbocycles. The monoisotopic (exact) mass is 396 g/mol. The minimum atomic E-state index is 0.0810. The van der Waals surface area contributed by atoms with Crippen LogP contribution in [-0.4, -0.2) is 5.84 Å². The van der Waals surface area contributed by atoms with E-state index in [4.69, 9.17) is 11.1 Å². The fourth-order valence-corrected chi connectivity index (χ4v) is 3.77. The van der Waals surface area contributed by atoms with Gasteiger partial charge in [0.25, 0.3) is 0 Å². The molecule has 5 aromatic carbocycles. The van der Waals surface area contributed by atoms with Gasteiger partial charge in [-0.05, 0) is 69.1 Å². The lowest BCUT2D eigenvalue weighted by Crippen LogP contribution is -2.10. The van der Waals surface area contributed by atoms with Crippen LogP contribution in [0.3, 0.4) is 0 Å². The van der Waals surface area contributed by atoms with E-state index in [0.717, 1.165) is 27.5 Å². The molecule has 0 fully saturated rings. The van der Waals surface area contributed by atoms with Crippen molar-refractivity contribution in [3.63, 3.8) is 0 Å². The van der Waals surface area contributed by atoms with Crippen molar-refractivity contribution in [1.29, 1.82) is 5.41 Å². The Morgan fingerprint density at radius 2 is 1.16 bits per heavy atom.